The molecule has 0 unspecified atom stereocenters. The van der Waals surface area contributed by atoms with E-state index in [9.17, 15) is 5.11 Å². The van der Waals surface area contributed by atoms with E-state index < -0.39 is 5.60 Å². The van der Waals surface area contributed by atoms with Crippen LogP contribution in [0.4, 0.5) is 5.95 Å². The summed E-state index contributed by atoms with van der Waals surface area (Å²) in [6.45, 7) is 1.90. The van der Waals surface area contributed by atoms with E-state index in [0.717, 1.165) is 36.7 Å². The molecule has 7 nitrogen and oxygen atoms in total. The largest absolute Gasteiger partial charge is 0.390 e. The number of hydrogen-bond acceptors (Lipinski definition) is 6. The van der Waals surface area contributed by atoms with Crippen molar-refractivity contribution < 1.29 is 5.11 Å². The number of benzene rings is 1. The van der Waals surface area contributed by atoms with Crippen molar-refractivity contribution in [2.45, 2.75) is 44.2 Å². The number of fused-ring (bicyclic) bond motifs is 1. The number of para-hydroxylation sites is 1. The maximum Gasteiger partial charge on any atom is 0.224 e. The zero-order chi connectivity index (χ0) is 16.6. The van der Waals surface area contributed by atoms with Gasteiger partial charge in [-0.25, -0.2) is 4.98 Å². The summed E-state index contributed by atoms with van der Waals surface area (Å²) in [5, 5.41) is 21.8. The lowest BCUT2D eigenvalue weighted by atomic mass is 9.84. The quantitative estimate of drug-likeness (QED) is 0.768. The van der Waals surface area contributed by atoms with Crippen LogP contribution in [0, 0.1) is 0 Å². The van der Waals surface area contributed by atoms with Gasteiger partial charge in [-0.1, -0.05) is 17.3 Å². The van der Waals surface area contributed by atoms with Gasteiger partial charge in [0.1, 0.15) is 5.52 Å². The lowest BCUT2D eigenvalue weighted by molar-refractivity contribution is 0.0195. The van der Waals surface area contributed by atoms with Crippen LogP contribution >= 0.6 is 0 Å². The molecule has 24 heavy (non-hydrogen) atoms. The van der Waals surface area contributed by atoms with Crippen molar-refractivity contribution in [3.63, 3.8) is 0 Å². The highest BCUT2D eigenvalue weighted by atomic mass is 16.3. The Bertz CT molecular complexity index is 849. The van der Waals surface area contributed by atoms with E-state index in [1.807, 2.05) is 37.3 Å². The van der Waals surface area contributed by atoms with Crippen molar-refractivity contribution in [3.8, 4) is 5.82 Å². The molecule has 1 aliphatic rings. The minimum absolute atomic E-state index is 0.285. The van der Waals surface area contributed by atoms with E-state index in [4.69, 9.17) is 0 Å². The van der Waals surface area contributed by atoms with Gasteiger partial charge in [0.2, 0.25) is 5.95 Å². The van der Waals surface area contributed by atoms with Gasteiger partial charge in [-0.3, -0.25) is 0 Å². The van der Waals surface area contributed by atoms with Crippen molar-refractivity contribution in [3.05, 3.63) is 36.5 Å². The van der Waals surface area contributed by atoms with Gasteiger partial charge in [-0.2, -0.15) is 9.67 Å². The molecule has 2 aromatic heterocycles. The molecule has 3 aromatic rings. The molecule has 1 aliphatic carbocycles. The van der Waals surface area contributed by atoms with Crippen LogP contribution < -0.4 is 5.32 Å². The predicted octanol–water partition coefficient (Wildman–Crippen LogP) is 2.32. The van der Waals surface area contributed by atoms with Crippen LogP contribution in [-0.4, -0.2) is 41.7 Å². The molecule has 1 aromatic carbocycles. The van der Waals surface area contributed by atoms with Crippen molar-refractivity contribution >= 4 is 17.0 Å². The van der Waals surface area contributed by atoms with Crippen molar-refractivity contribution in [1.29, 1.82) is 0 Å². The fourth-order valence-corrected chi connectivity index (χ4v) is 3.14. The van der Waals surface area contributed by atoms with E-state index in [-0.39, 0.29) is 6.04 Å². The highest BCUT2D eigenvalue weighted by molar-refractivity contribution is 5.75. The van der Waals surface area contributed by atoms with Gasteiger partial charge >= 0.3 is 0 Å². The summed E-state index contributed by atoms with van der Waals surface area (Å²) in [6, 6.07) is 9.88. The third kappa shape index (κ3) is 2.94. The molecule has 0 radical (unpaired) electrons. The van der Waals surface area contributed by atoms with E-state index in [1.54, 1.807) is 10.9 Å². The van der Waals surface area contributed by atoms with Gasteiger partial charge in [-0.05, 0) is 44.7 Å². The Morgan fingerprint density at radius 2 is 2.00 bits per heavy atom. The lowest BCUT2D eigenvalue weighted by Crippen LogP contribution is -2.36. The molecular formula is C17H20N6O. The van der Waals surface area contributed by atoms with Gasteiger partial charge in [0.25, 0.3) is 0 Å². The number of aromatic nitrogens is 5. The fourth-order valence-electron chi connectivity index (χ4n) is 3.14. The maximum atomic E-state index is 10.1. The van der Waals surface area contributed by atoms with Crippen LogP contribution in [0.1, 0.15) is 32.6 Å². The van der Waals surface area contributed by atoms with Gasteiger partial charge in [0.15, 0.2) is 5.82 Å². The van der Waals surface area contributed by atoms with Gasteiger partial charge < -0.3 is 10.4 Å². The van der Waals surface area contributed by atoms with Crippen LogP contribution in [-0.2, 0) is 0 Å². The number of rotatable bonds is 3. The Balaban J connectivity index is 1.56. The number of hydrogen-bond donors (Lipinski definition) is 2. The minimum atomic E-state index is -0.541. The number of nitrogens with one attached hydrogen (secondary N) is 1. The summed E-state index contributed by atoms with van der Waals surface area (Å²) in [6.07, 6.45) is 5.12. The van der Waals surface area contributed by atoms with E-state index in [2.05, 4.69) is 25.6 Å². The number of aliphatic hydroxyl groups is 1. The Kier molecular flexibility index (Phi) is 3.65. The second-order valence-electron chi connectivity index (χ2n) is 6.64. The summed E-state index contributed by atoms with van der Waals surface area (Å²) in [7, 11) is 0. The first-order valence-electron chi connectivity index (χ1n) is 8.24. The molecule has 7 heteroatoms. The standard InChI is InChI=1S/C17H20N6O/c1-17(24)9-6-12(7-10-17)19-16-18-11-8-15(20-16)23-14-5-3-2-4-13(14)21-22-23/h2-5,8,11-12,24H,6-7,9-10H2,1H3,(H,18,19,20)/t12-,17+. The van der Waals surface area contributed by atoms with E-state index in [0.29, 0.717) is 11.8 Å². The van der Waals surface area contributed by atoms with Crippen LogP contribution in [0.25, 0.3) is 16.9 Å². The molecule has 2 N–H and O–H groups in total. The smallest absolute Gasteiger partial charge is 0.224 e. The molecular weight excluding hydrogens is 304 g/mol. The third-order valence-corrected chi connectivity index (χ3v) is 4.61. The zero-order valence-corrected chi connectivity index (χ0v) is 13.6. The van der Waals surface area contributed by atoms with Crippen LogP contribution in [0.15, 0.2) is 36.5 Å². The molecule has 4 rings (SSSR count). The molecule has 0 bridgehead atoms. The molecule has 0 atom stereocenters. The first kappa shape index (κ1) is 15.0. The van der Waals surface area contributed by atoms with Crippen LogP contribution in [0.5, 0.6) is 0 Å². The molecule has 124 valence electrons. The zero-order valence-electron chi connectivity index (χ0n) is 13.6. The van der Waals surface area contributed by atoms with Gasteiger partial charge in [0, 0.05) is 18.3 Å². The highest BCUT2D eigenvalue weighted by Crippen LogP contribution is 2.29. The second kappa shape index (κ2) is 5.83. The Hall–Kier alpha value is -2.54. The summed E-state index contributed by atoms with van der Waals surface area (Å²) in [5.41, 5.74) is 1.21. The normalized spacial score (nSPS) is 24.2. The van der Waals surface area contributed by atoms with Gasteiger partial charge in [-0.15, -0.1) is 5.10 Å². The van der Waals surface area contributed by atoms with E-state index >= 15 is 0 Å². The molecule has 1 fully saturated rings. The average Bonchev–Trinajstić information content (AvgIpc) is 3.01. The monoisotopic (exact) mass is 324 g/mol. The highest BCUT2D eigenvalue weighted by Gasteiger charge is 2.28. The maximum absolute atomic E-state index is 10.1. The molecule has 1 saturated carbocycles. The van der Waals surface area contributed by atoms with Gasteiger partial charge in [0.05, 0.1) is 11.1 Å². The average molecular weight is 324 g/mol. The summed E-state index contributed by atoms with van der Waals surface area (Å²) in [4.78, 5) is 8.89. The SMILES string of the molecule is C[C@]1(O)CC[C@@H](Nc2nccc(-n3nnc4ccccc43)n2)CC1. The first-order chi connectivity index (χ1) is 11.6. The minimum Gasteiger partial charge on any atom is -0.390 e. The summed E-state index contributed by atoms with van der Waals surface area (Å²) < 4.78 is 1.72. The number of nitrogens with zero attached hydrogens (tertiary/aromatic N) is 5. The molecule has 0 amide bonds. The second-order valence-corrected chi connectivity index (χ2v) is 6.64. The Morgan fingerprint density at radius 3 is 2.83 bits per heavy atom. The van der Waals surface area contributed by atoms with Crippen LogP contribution in [0.2, 0.25) is 0 Å². The lowest BCUT2D eigenvalue weighted by Gasteiger charge is -2.33. The van der Waals surface area contributed by atoms with Crippen molar-refractivity contribution in [2.24, 2.45) is 0 Å². The molecule has 0 spiro atoms. The number of anilines is 1. The molecule has 0 aliphatic heterocycles. The van der Waals surface area contributed by atoms with Crippen molar-refractivity contribution in [1.82, 2.24) is 25.0 Å². The van der Waals surface area contributed by atoms with Crippen LogP contribution in [0.3, 0.4) is 0 Å². The summed E-state index contributed by atoms with van der Waals surface area (Å²) in [5.74, 6) is 1.27. The predicted molar refractivity (Wildman–Crippen MR) is 91.0 cm³/mol. The Morgan fingerprint density at radius 1 is 1.21 bits per heavy atom. The van der Waals surface area contributed by atoms with E-state index in [1.165, 1.54) is 0 Å². The topological polar surface area (TPSA) is 88.8 Å². The third-order valence-electron chi connectivity index (χ3n) is 4.61. The Labute approximate surface area is 139 Å². The molecule has 2 heterocycles. The fraction of sp³-hybridized carbons (Fsp3) is 0.412. The molecule has 0 saturated heterocycles. The van der Waals surface area contributed by atoms with Crippen molar-refractivity contribution in [2.75, 3.05) is 5.32 Å². The summed E-state index contributed by atoms with van der Waals surface area (Å²) >= 11 is 0. The first-order valence-corrected chi connectivity index (χ1v) is 8.24.